The fourth-order valence-corrected chi connectivity index (χ4v) is 3.99. The van der Waals surface area contributed by atoms with Crippen molar-refractivity contribution in [3.05, 3.63) is 0 Å². The van der Waals surface area contributed by atoms with Gasteiger partial charge in [-0.1, -0.05) is 13.8 Å². The molecule has 22 heavy (non-hydrogen) atoms. The predicted octanol–water partition coefficient (Wildman–Crippen LogP) is 2.16. The van der Waals surface area contributed by atoms with Gasteiger partial charge in [-0.15, -0.1) is 24.8 Å². The Bertz CT molecular complexity index is 307. The van der Waals surface area contributed by atoms with Crippen molar-refractivity contribution in [2.75, 3.05) is 37.7 Å². The van der Waals surface area contributed by atoms with Gasteiger partial charge in [0.2, 0.25) is 5.91 Å². The number of likely N-dealkylation sites (tertiary alicyclic amines) is 1. The van der Waals surface area contributed by atoms with Crippen molar-refractivity contribution in [1.29, 1.82) is 0 Å². The molecule has 0 aromatic rings. The molecule has 1 atom stereocenters. The Balaban J connectivity index is 0.00000220. The quantitative estimate of drug-likeness (QED) is 0.776. The summed E-state index contributed by atoms with van der Waals surface area (Å²) in [5.41, 5.74) is 0. The number of amides is 1. The van der Waals surface area contributed by atoms with Gasteiger partial charge in [-0.2, -0.15) is 11.8 Å². The summed E-state index contributed by atoms with van der Waals surface area (Å²) in [5.74, 6) is 3.20. The number of halogens is 2. The molecule has 7 heteroatoms. The molecule has 2 heterocycles. The van der Waals surface area contributed by atoms with Crippen molar-refractivity contribution in [1.82, 2.24) is 15.5 Å². The van der Waals surface area contributed by atoms with Crippen molar-refractivity contribution >= 4 is 42.5 Å². The van der Waals surface area contributed by atoms with E-state index < -0.39 is 0 Å². The van der Waals surface area contributed by atoms with E-state index in [1.165, 1.54) is 12.3 Å². The minimum atomic E-state index is 0. The topological polar surface area (TPSA) is 44.4 Å². The standard InChI is InChI=1S/C15H29N3OS.2ClH/c1-12(2)10-18-6-3-13(4-7-18)17-15(19)9-14-11-20-8-5-16-14;;/h12-14,16H,3-11H2,1-2H3,(H,17,19);2*1H. The minimum absolute atomic E-state index is 0. The molecule has 2 rings (SSSR count). The Kier molecular flexibility index (Phi) is 12.0. The summed E-state index contributed by atoms with van der Waals surface area (Å²) in [6.45, 7) is 9.01. The summed E-state index contributed by atoms with van der Waals surface area (Å²) < 4.78 is 0. The monoisotopic (exact) mass is 371 g/mol. The lowest BCUT2D eigenvalue weighted by molar-refractivity contribution is -0.122. The zero-order valence-electron chi connectivity index (χ0n) is 13.7. The van der Waals surface area contributed by atoms with Crippen molar-refractivity contribution in [2.45, 2.75) is 45.2 Å². The third kappa shape index (κ3) is 8.25. The molecule has 0 aliphatic carbocycles. The summed E-state index contributed by atoms with van der Waals surface area (Å²) in [6, 6.07) is 0.761. The predicted molar refractivity (Wildman–Crippen MR) is 101 cm³/mol. The van der Waals surface area contributed by atoms with Crippen LogP contribution < -0.4 is 10.6 Å². The Morgan fingerprint density at radius 1 is 1.32 bits per heavy atom. The highest BCUT2D eigenvalue weighted by Gasteiger charge is 2.22. The summed E-state index contributed by atoms with van der Waals surface area (Å²) >= 11 is 1.95. The van der Waals surface area contributed by atoms with Crippen molar-refractivity contribution < 1.29 is 4.79 Å². The van der Waals surface area contributed by atoms with Gasteiger partial charge in [-0.25, -0.2) is 0 Å². The lowest BCUT2D eigenvalue weighted by atomic mass is 10.0. The van der Waals surface area contributed by atoms with E-state index in [-0.39, 0.29) is 30.7 Å². The highest BCUT2D eigenvalue weighted by molar-refractivity contribution is 7.99. The van der Waals surface area contributed by atoms with E-state index in [2.05, 4.69) is 29.4 Å². The van der Waals surface area contributed by atoms with Gasteiger partial charge in [-0.05, 0) is 18.8 Å². The van der Waals surface area contributed by atoms with Crippen LogP contribution in [-0.4, -0.2) is 60.6 Å². The first-order valence-corrected chi connectivity index (χ1v) is 9.12. The van der Waals surface area contributed by atoms with Gasteiger partial charge >= 0.3 is 0 Å². The van der Waals surface area contributed by atoms with E-state index in [1.54, 1.807) is 0 Å². The van der Waals surface area contributed by atoms with E-state index >= 15 is 0 Å². The first kappa shape index (κ1) is 22.3. The lowest BCUT2D eigenvalue weighted by Crippen LogP contribution is -2.47. The Hall–Kier alpha value is 0.320. The fourth-order valence-electron chi connectivity index (χ4n) is 3.04. The fraction of sp³-hybridized carbons (Fsp3) is 0.933. The van der Waals surface area contributed by atoms with Crippen LogP contribution in [0.1, 0.15) is 33.1 Å². The molecule has 2 aliphatic heterocycles. The summed E-state index contributed by atoms with van der Waals surface area (Å²) in [7, 11) is 0. The number of nitrogens with zero attached hydrogens (tertiary/aromatic N) is 1. The van der Waals surface area contributed by atoms with E-state index in [1.807, 2.05) is 11.8 Å². The number of carbonyl (C=O) groups is 1. The molecule has 0 aromatic heterocycles. The molecule has 0 radical (unpaired) electrons. The van der Waals surface area contributed by atoms with Crippen LogP contribution in [-0.2, 0) is 4.79 Å². The van der Waals surface area contributed by atoms with Crippen LogP contribution in [0.4, 0.5) is 0 Å². The Labute approximate surface area is 151 Å². The average Bonchev–Trinajstić information content (AvgIpc) is 2.41. The third-order valence-electron chi connectivity index (χ3n) is 4.01. The minimum Gasteiger partial charge on any atom is -0.353 e. The van der Waals surface area contributed by atoms with Crippen LogP contribution >= 0.6 is 36.6 Å². The summed E-state index contributed by atoms with van der Waals surface area (Å²) in [6.07, 6.45) is 2.84. The second kappa shape index (κ2) is 11.8. The number of thioether (sulfide) groups is 1. The average molecular weight is 372 g/mol. The van der Waals surface area contributed by atoms with Crippen molar-refractivity contribution in [3.63, 3.8) is 0 Å². The van der Waals surface area contributed by atoms with Crippen LogP contribution in [0.3, 0.4) is 0 Å². The molecular formula is C15H31Cl2N3OS. The summed E-state index contributed by atoms with van der Waals surface area (Å²) in [5, 5.41) is 6.65. The van der Waals surface area contributed by atoms with Gasteiger partial charge in [0, 0.05) is 56.2 Å². The van der Waals surface area contributed by atoms with Crippen LogP contribution in [0.2, 0.25) is 0 Å². The Morgan fingerprint density at radius 2 is 2.00 bits per heavy atom. The Morgan fingerprint density at radius 3 is 2.55 bits per heavy atom. The van der Waals surface area contributed by atoms with E-state index in [0.717, 1.165) is 44.1 Å². The maximum atomic E-state index is 12.1. The lowest BCUT2D eigenvalue weighted by Gasteiger charge is -2.33. The highest BCUT2D eigenvalue weighted by atomic mass is 35.5. The largest absolute Gasteiger partial charge is 0.353 e. The molecule has 132 valence electrons. The first-order valence-electron chi connectivity index (χ1n) is 7.96. The maximum absolute atomic E-state index is 12.1. The van der Waals surface area contributed by atoms with Gasteiger partial charge in [0.15, 0.2) is 0 Å². The van der Waals surface area contributed by atoms with Crippen molar-refractivity contribution in [3.8, 4) is 0 Å². The number of hydrogen-bond acceptors (Lipinski definition) is 4. The molecule has 2 N–H and O–H groups in total. The zero-order valence-corrected chi connectivity index (χ0v) is 16.1. The van der Waals surface area contributed by atoms with Gasteiger partial charge in [-0.3, -0.25) is 4.79 Å². The number of rotatable bonds is 5. The van der Waals surface area contributed by atoms with Gasteiger partial charge < -0.3 is 15.5 Å². The summed E-state index contributed by atoms with van der Waals surface area (Å²) in [4.78, 5) is 14.6. The molecule has 2 aliphatic rings. The van der Waals surface area contributed by atoms with E-state index in [0.29, 0.717) is 18.5 Å². The molecule has 0 spiro atoms. The molecular weight excluding hydrogens is 341 g/mol. The smallest absolute Gasteiger partial charge is 0.221 e. The molecule has 2 saturated heterocycles. The second-order valence-corrected chi connectivity index (χ2v) is 7.62. The van der Waals surface area contributed by atoms with Crippen LogP contribution in [0.15, 0.2) is 0 Å². The van der Waals surface area contributed by atoms with Crippen LogP contribution in [0, 0.1) is 5.92 Å². The number of nitrogens with one attached hydrogen (secondary N) is 2. The number of hydrogen-bond donors (Lipinski definition) is 2. The zero-order chi connectivity index (χ0) is 14.4. The van der Waals surface area contributed by atoms with Gasteiger partial charge in [0.05, 0.1) is 0 Å². The van der Waals surface area contributed by atoms with Gasteiger partial charge in [0.1, 0.15) is 0 Å². The van der Waals surface area contributed by atoms with Gasteiger partial charge in [0.25, 0.3) is 0 Å². The third-order valence-corrected chi connectivity index (χ3v) is 5.14. The molecule has 4 nitrogen and oxygen atoms in total. The molecule has 0 saturated carbocycles. The number of carbonyl (C=O) groups excluding carboxylic acids is 1. The molecule has 2 fully saturated rings. The van der Waals surface area contributed by atoms with Crippen LogP contribution in [0.5, 0.6) is 0 Å². The second-order valence-electron chi connectivity index (χ2n) is 6.47. The maximum Gasteiger partial charge on any atom is 0.221 e. The first-order chi connectivity index (χ1) is 9.63. The normalized spacial score (nSPS) is 23.5. The SMILES string of the molecule is CC(C)CN1CCC(NC(=O)CC2CSCCN2)CC1.Cl.Cl. The number of piperidine rings is 1. The van der Waals surface area contributed by atoms with Crippen LogP contribution in [0.25, 0.3) is 0 Å². The van der Waals surface area contributed by atoms with E-state index in [9.17, 15) is 4.79 Å². The molecule has 1 unspecified atom stereocenters. The molecule has 0 bridgehead atoms. The highest BCUT2D eigenvalue weighted by Crippen LogP contribution is 2.13. The molecule has 1 amide bonds. The molecule has 0 aromatic carbocycles. The van der Waals surface area contributed by atoms with E-state index in [4.69, 9.17) is 0 Å². The van der Waals surface area contributed by atoms with Crippen molar-refractivity contribution in [2.24, 2.45) is 5.92 Å².